The third-order valence-electron chi connectivity index (χ3n) is 8.30. The first-order valence-corrected chi connectivity index (χ1v) is 17.1. The second-order valence-electron chi connectivity index (χ2n) is 10.9. The Labute approximate surface area is 285 Å². The van der Waals surface area contributed by atoms with Gasteiger partial charge < -0.3 is 29.5 Å². The molecule has 2 amide bonds. The van der Waals surface area contributed by atoms with Crippen molar-refractivity contribution in [3.63, 3.8) is 0 Å². The maximum absolute atomic E-state index is 15.1. The van der Waals surface area contributed by atoms with E-state index in [1.54, 1.807) is 55.6 Å². The summed E-state index contributed by atoms with van der Waals surface area (Å²) in [6.45, 7) is 2.84. The lowest BCUT2D eigenvalue weighted by atomic mass is 9.83. The number of benzene rings is 3. The number of pyridine rings is 1. The molecule has 47 heavy (non-hydrogen) atoms. The van der Waals surface area contributed by atoms with Gasteiger partial charge >= 0.3 is 6.09 Å². The highest BCUT2D eigenvalue weighted by Gasteiger charge is 2.58. The van der Waals surface area contributed by atoms with E-state index in [2.05, 4.69) is 32.9 Å². The van der Waals surface area contributed by atoms with E-state index in [0.717, 1.165) is 13.4 Å². The van der Waals surface area contributed by atoms with Crippen molar-refractivity contribution in [3.05, 3.63) is 99.3 Å². The molecule has 0 spiro atoms. The fourth-order valence-corrected chi connectivity index (χ4v) is 8.06. The van der Waals surface area contributed by atoms with E-state index in [0.29, 0.717) is 35.7 Å². The van der Waals surface area contributed by atoms with E-state index in [9.17, 15) is 18.3 Å². The van der Waals surface area contributed by atoms with E-state index in [-0.39, 0.29) is 34.7 Å². The molecule has 6 rings (SSSR count). The van der Waals surface area contributed by atoms with Crippen molar-refractivity contribution in [2.75, 3.05) is 43.5 Å². The topological polar surface area (TPSA) is 148 Å². The average molecular weight is 771 g/mol. The summed E-state index contributed by atoms with van der Waals surface area (Å²) in [5, 5.41) is 12.6. The molecule has 0 aliphatic carbocycles. The average Bonchev–Trinajstić information content (AvgIpc) is 3.28. The van der Waals surface area contributed by atoms with Gasteiger partial charge in [0.25, 0.3) is 15.9 Å². The number of nitrogens with zero attached hydrogens (tertiary/aromatic N) is 3. The molecule has 1 aromatic heterocycles. The van der Waals surface area contributed by atoms with E-state index >= 15 is 4.79 Å². The highest BCUT2D eigenvalue weighted by atomic mass is 127. The van der Waals surface area contributed by atoms with Crippen LogP contribution in [0.1, 0.15) is 29.5 Å². The highest BCUT2D eigenvalue weighted by Crippen LogP contribution is 2.51. The summed E-state index contributed by atoms with van der Waals surface area (Å²) in [6.07, 6.45) is 0.588. The van der Waals surface area contributed by atoms with Crippen molar-refractivity contribution < 1.29 is 37.3 Å². The first kappa shape index (κ1) is 32.4. The lowest BCUT2D eigenvalue weighted by Gasteiger charge is -2.37. The predicted molar refractivity (Wildman–Crippen MR) is 182 cm³/mol. The van der Waals surface area contributed by atoms with Crippen LogP contribution in [-0.2, 0) is 20.4 Å². The number of halogens is 1. The number of anilines is 2. The molecule has 1 fully saturated rings. The standard InChI is InChI=1S/C33H31IN4O8S/c1-4-46-30-25(6-5-15-35-30)33(36-23-10-7-20(8-11-23)21-18-37(19-21)32(40)41)26-16-22(34)9-13-27(26)38(31(33)39)47(42,43)29-14-12-24(44-2)17-28(29)45-3/h5-17,21,36H,4,18-19H2,1-3H3,(H,40,41). The van der Waals surface area contributed by atoms with Crippen molar-refractivity contribution >= 4 is 56.0 Å². The molecule has 4 aromatic rings. The van der Waals surface area contributed by atoms with Gasteiger partial charge in [-0.25, -0.2) is 18.2 Å². The van der Waals surface area contributed by atoms with Crippen molar-refractivity contribution in [2.24, 2.45) is 0 Å². The van der Waals surface area contributed by atoms with Crippen LogP contribution in [0.15, 0.2) is 83.9 Å². The van der Waals surface area contributed by atoms with Crippen LogP contribution in [0.25, 0.3) is 0 Å². The van der Waals surface area contributed by atoms with Crippen LogP contribution in [0.4, 0.5) is 16.2 Å². The number of fused-ring (bicyclic) bond motifs is 1. The Morgan fingerprint density at radius 2 is 1.79 bits per heavy atom. The molecular weight excluding hydrogens is 739 g/mol. The van der Waals surface area contributed by atoms with Gasteiger partial charge in [0.2, 0.25) is 5.88 Å². The number of rotatable bonds is 10. The van der Waals surface area contributed by atoms with Crippen LogP contribution in [0.5, 0.6) is 17.4 Å². The van der Waals surface area contributed by atoms with Gasteiger partial charge in [-0.05, 0) is 89.7 Å². The number of carbonyl (C=O) groups excluding carboxylic acids is 1. The number of carbonyl (C=O) groups is 2. The van der Waals surface area contributed by atoms with Gasteiger partial charge in [0.05, 0.1) is 32.1 Å². The van der Waals surface area contributed by atoms with Crippen molar-refractivity contribution in [3.8, 4) is 17.4 Å². The predicted octanol–water partition coefficient (Wildman–Crippen LogP) is 5.27. The van der Waals surface area contributed by atoms with Crippen LogP contribution >= 0.6 is 22.6 Å². The number of sulfonamides is 1. The molecule has 244 valence electrons. The number of hydrogen-bond donors (Lipinski definition) is 2. The fourth-order valence-electron chi connectivity index (χ4n) is 5.96. The molecule has 1 atom stereocenters. The summed E-state index contributed by atoms with van der Waals surface area (Å²) in [6, 6.07) is 20.1. The minimum atomic E-state index is -4.56. The Morgan fingerprint density at radius 1 is 1.04 bits per heavy atom. The second kappa shape index (κ2) is 12.6. The first-order valence-electron chi connectivity index (χ1n) is 14.6. The normalized spacial score (nSPS) is 17.6. The number of methoxy groups -OCH3 is 2. The highest BCUT2D eigenvalue weighted by molar-refractivity contribution is 14.1. The van der Waals surface area contributed by atoms with Crippen LogP contribution in [0, 0.1) is 3.57 Å². The van der Waals surface area contributed by atoms with E-state index in [1.165, 1.54) is 37.3 Å². The minimum Gasteiger partial charge on any atom is -0.497 e. The third kappa shape index (κ3) is 5.48. The molecule has 2 N–H and O–H groups in total. The Kier molecular flexibility index (Phi) is 8.65. The largest absolute Gasteiger partial charge is 0.497 e. The summed E-state index contributed by atoms with van der Waals surface area (Å²) in [5.41, 5.74) is 0.553. The zero-order chi connectivity index (χ0) is 33.5. The molecular formula is C33H31IN4O8S. The Bertz CT molecular complexity index is 1970. The fraction of sp³-hybridized carbons (Fsp3) is 0.242. The quantitative estimate of drug-likeness (QED) is 0.205. The van der Waals surface area contributed by atoms with E-state index in [4.69, 9.17) is 14.2 Å². The number of hydrogen-bond acceptors (Lipinski definition) is 9. The number of nitrogens with one attached hydrogen (secondary N) is 1. The monoisotopic (exact) mass is 770 g/mol. The number of aromatic nitrogens is 1. The second-order valence-corrected chi connectivity index (χ2v) is 13.9. The van der Waals surface area contributed by atoms with Gasteiger partial charge in [0.1, 0.15) is 16.4 Å². The molecule has 2 aliphatic heterocycles. The Hall–Kier alpha value is -4.57. The molecule has 3 heterocycles. The Balaban J connectivity index is 1.52. The summed E-state index contributed by atoms with van der Waals surface area (Å²) >= 11 is 2.13. The number of likely N-dealkylation sites (tertiary alicyclic amines) is 1. The van der Waals surface area contributed by atoms with Gasteiger partial charge in [-0.15, -0.1) is 0 Å². The molecule has 0 radical (unpaired) electrons. The smallest absolute Gasteiger partial charge is 0.407 e. The van der Waals surface area contributed by atoms with Crippen molar-refractivity contribution in [1.82, 2.24) is 9.88 Å². The molecule has 0 saturated carbocycles. The van der Waals surface area contributed by atoms with Crippen molar-refractivity contribution in [2.45, 2.75) is 23.3 Å². The minimum absolute atomic E-state index is 0.0131. The van der Waals surface area contributed by atoms with E-state index in [1.807, 2.05) is 12.1 Å². The Morgan fingerprint density at radius 3 is 2.45 bits per heavy atom. The maximum Gasteiger partial charge on any atom is 0.407 e. The van der Waals surface area contributed by atoms with Crippen LogP contribution in [0.3, 0.4) is 0 Å². The molecule has 12 nitrogen and oxygen atoms in total. The van der Waals surface area contributed by atoms with Gasteiger partial charge in [0, 0.05) is 46.1 Å². The van der Waals surface area contributed by atoms with Gasteiger partial charge in [-0.3, -0.25) is 4.79 Å². The van der Waals surface area contributed by atoms with Gasteiger partial charge in [-0.1, -0.05) is 12.1 Å². The van der Waals surface area contributed by atoms with E-state index < -0.39 is 27.6 Å². The summed E-state index contributed by atoms with van der Waals surface area (Å²) in [5.74, 6) is -0.174. The lowest BCUT2D eigenvalue weighted by molar-refractivity contribution is -0.120. The molecule has 0 bridgehead atoms. The van der Waals surface area contributed by atoms with Crippen LogP contribution in [0.2, 0.25) is 0 Å². The van der Waals surface area contributed by atoms with Crippen LogP contribution in [-0.4, -0.2) is 69.3 Å². The van der Waals surface area contributed by atoms with Gasteiger partial charge in [0.15, 0.2) is 5.54 Å². The zero-order valence-electron chi connectivity index (χ0n) is 25.6. The van der Waals surface area contributed by atoms with Crippen LogP contribution < -0.4 is 23.8 Å². The number of carboxylic acid groups (broad SMARTS) is 1. The molecule has 1 saturated heterocycles. The first-order chi connectivity index (χ1) is 22.5. The summed E-state index contributed by atoms with van der Waals surface area (Å²) in [4.78, 5) is 31.9. The van der Waals surface area contributed by atoms with Gasteiger partial charge in [-0.2, -0.15) is 4.31 Å². The number of ether oxygens (including phenoxy) is 3. The third-order valence-corrected chi connectivity index (χ3v) is 10.7. The maximum atomic E-state index is 15.1. The summed E-state index contributed by atoms with van der Waals surface area (Å²) in [7, 11) is -1.76. The lowest BCUT2D eigenvalue weighted by Crippen LogP contribution is -2.49. The number of amides is 2. The zero-order valence-corrected chi connectivity index (χ0v) is 28.6. The molecule has 3 aromatic carbocycles. The molecule has 2 aliphatic rings. The van der Waals surface area contributed by atoms with Crippen molar-refractivity contribution in [1.29, 1.82) is 0 Å². The molecule has 1 unspecified atom stereocenters. The summed E-state index contributed by atoms with van der Waals surface area (Å²) < 4.78 is 47.3. The molecule has 14 heteroatoms. The SMILES string of the molecule is CCOc1ncccc1C1(Nc2ccc(C3CN(C(=O)O)C3)cc2)C(=O)N(S(=O)(=O)c2ccc(OC)cc2OC)c2ccc(I)cc21.